The van der Waals surface area contributed by atoms with Gasteiger partial charge in [0.15, 0.2) is 0 Å². The first-order chi connectivity index (χ1) is 29.5. The van der Waals surface area contributed by atoms with Gasteiger partial charge >= 0.3 is 58.0 Å². The molecule has 1 amide bonds. The van der Waals surface area contributed by atoms with E-state index in [1.165, 1.54) is 57.8 Å². The van der Waals surface area contributed by atoms with Crippen molar-refractivity contribution < 1.29 is 115 Å². The van der Waals surface area contributed by atoms with Crippen molar-refractivity contribution in [3.8, 4) is 0 Å². The minimum atomic E-state index is -6.01. The first-order valence-electron chi connectivity index (χ1n) is 20.1. The lowest BCUT2D eigenvalue weighted by atomic mass is 9.88. The third-order valence-corrected chi connectivity index (χ3v) is 11.6. The van der Waals surface area contributed by atoms with Crippen molar-refractivity contribution in [2.24, 2.45) is 0 Å². The number of aliphatic carboxylic acids is 1. The number of carbonyl (C=O) groups excluding carboxylic acids is 1. The number of ether oxygens (including phenoxy) is 3. The molecule has 1 fully saturated rings. The Morgan fingerprint density at radius 2 is 1.11 bits per heavy atom. The van der Waals surface area contributed by atoms with E-state index in [9.17, 15) is 75.0 Å². The molecule has 0 aromatic heterocycles. The number of nitrogens with one attached hydrogen (secondary N) is 1. The largest absolute Gasteiger partial charge is 0.477 e. The van der Waals surface area contributed by atoms with Gasteiger partial charge in [-0.2, -0.15) is 42.1 Å². The molecule has 0 saturated carbocycles. The summed E-state index contributed by atoms with van der Waals surface area (Å²) in [7, 11) is -28.7. The fourth-order valence-electron chi connectivity index (χ4n) is 6.59. The number of carboxylic acids is 1. The minimum absolute atomic E-state index is 0.00939. The summed E-state index contributed by atoms with van der Waals surface area (Å²) in [5.41, 5.74) is 0. The molecule has 380 valence electrons. The van der Waals surface area contributed by atoms with E-state index in [-0.39, 0.29) is 6.61 Å². The maximum Gasteiger partial charge on any atom is 0.397 e. The number of hydrogen-bond donors (Lipinski definition) is 7. The van der Waals surface area contributed by atoms with Crippen molar-refractivity contribution >= 4 is 63.9 Å². The highest BCUT2D eigenvalue weighted by molar-refractivity contribution is 7.81. The Hall–Kier alpha value is -1.83. The Bertz CT molecular complexity index is 1970. The summed E-state index contributed by atoms with van der Waals surface area (Å²) in [6.45, 7) is -1.08. The summed E-state index contributed by atoms with van der Waals surface area (Å²) in [5.74, 6) is -7.09. The van der Waals surface area contributed by atoms with Crippen LogP contribution in [-0.2, 0) is 96.7 Å². The predicted octanol–water partition coefficient (Wildman–Crippen LogP) is 1.93. The fraction of sp³-hybridized carbons (Fsp3) is 0.938. The van der Waals surface area contributed by atoms with E-state index >= 15 is 0 Å². The maximum atomic E-state index is 12.9. The van der Waals surface area contributed by atoms with E-state index in [0.717, 1.165) is 32.1 Å². The molecule has 7 N–H and O–H groups in total. The van der Waals surface area contributed by atoms with Gasteiger partial charge < -0.3 is 24.6 Å². The first kappa shape index (κ1) is 60.2. The Morgan fingerprint density at radius 3 is 1.52 bits per heavy atom. The summed E-state index contributed by atoms with van der Waals surface area (Å²) < 4.78 is 202. The number of carboxylic acid groups (broad SMARTS) is 1. The second-order valence-electron chi connectivity index (χ2n) is 14.7. The molecule has 0 spiro atoms. The van der Waals surface area contributed by atoms with Crippen LogP contribution in [0.1, 0.15) is 123 Å². The van der Waals surface area contributed by atoms with Gasteiger partial charge in [-0.15, -0.1) is 0 Å². The molecule has 0 radical (unpaired) electrons. The monoisotopic (exact) mass is 1040 g/mol. The van der Waals surface area contributed by atoms with Crippen molar-refractivity contribution in [2.75, 3.05) is 26.4 Å². The molecule has 7 atom stereocenters. The van der Waals surface area contributed by atoms with Crippen molar-refractivity contribution in [1.82, 2.24) is 5.32 Å². The van der Waals surface area contributed by atoms with Gasteiger partial charge in [-0.1, -0.05) is 103 Å². The first-order valence-corrected chi connectivity index (χ1v) is 26.9. The Kier molecular flexibility index (Phi) is 26.8. The van der Waals surface area contributed by atoms with Crippen LogP contribution in [0.4, 0.5) is 0 Å². The zero-order valence-corrected chi connectivity index (χ0v) is 39.3. The van der Waals surface area contributed by atoms with Crippen LogP contribution >= 0.6 is 0 Å². The van der Waals surface area contributed by atoms with Gasteiger partial charge in [-0.25, -0.2) is 25.7 Å². The molecule has 0 aromatic carbocycles. The second kappa shape index (κ2) is 28.5. The summed E-state index contributed by atoms with van der Waals surface area (Å²) in [5, 5.41) is 12.3. The lowest BCUT2D eigenvalue weighted by Crippen LogP contribution is -2.69. The van der Waals surface area contributed by atoms with Gasteiger partial charge in [-0.05, 0) is 6.42 Å². The van der Waals surface area contributed by atoms with E-state index < -0.39 is 132 Å². The Balaban J connectivity index is 3.26. The van der Waals surface area contributed by atoms with E-state index in [2.05, 4.69) is 27.8 Å². The van der Waals surface area contributed by atoms with E-state index in [1.54, 1.807) is 0 Å². The average Bonchev–Trinajstić information content (AvgIpc) is 3.12. The number of amides is 1. The van der Waals surface area contributed by atoms with Crippen molar-refractivity contribution in [3.63, 3.8) is 0 Å². The molecular weight excluding hydrogens is 975 g/mol. The number of carbonyl (C=O) groups is 2. The van der Waals surface area contributed by atoms with E-state index in [4.69, 9.17) is 18.8 Å². The molecule has 1 rings (SSSR count). The van der Waals surface area contributed by atoms with Crippen LogP contribution in [0, 0.1) is 0 Å². The number of rotatable bonds is 37. The second-order valence-corrected chi connectivity index (χ2v) is 20.0. The molecule has 0 aliphatic carbocycles. The molecular formula is C32H61NO26S5. The molecule has 27 nitrogen and oxygen atoms in total. The standard InChI is InChI=1S/C32H61NO26S5/c1-3-4-5-6-7-8-9-10-11-12-13-14-15-16-17-18-19-52-21-25(56-61(40,41)42)22-53-32(31(35)36)20-26(57-62(43,44)45)28(33-24(2)34)30(55-32)29(59-64(49,50)51)27(58-63(46,47)48)23-54-60(37,38)39/h25-30H,3-23H2,1-2H3,(H,33,34)(H,35,36)(H,37,38,39)(H,40,41,42)(H,43,44,45)(H,46,47,48)(H,49,50,51)/t25-,26+,27-,28-,29-,30-,32+/m1/s1. The third-order valence-electron chi connectivity index (χ3n) is 9.25. The normalized spacial score (nSPS) is 21.6. The highest BCUT2D eigenvalue weighted by Gasteiger charge is 2.59. The molecule has 64 heavy (non-hydrogen) atoms. The lowest BCUT2D eigenvalue weighted by Gasteiger charge is -2.48. The van der Waals surface area contributed by atoms with Crippen LogP contribution in [0.2, 0.25) is 0 Å². The van der Waals surface area contributed by atoms with Crippen LogP contribution in [0.15, 0.2) is 0 Å². The Labute approximate surface area is 374 Å². The van der Waals surface area contributed by atoms with Gasteiger partial charge in [0.2, 0.25) is 5.91 Å². The van der Waals surface area contributed by atoms with Gasteiger partial charge in [0, 0.05) is 20.0 Å². The van der Waals surface area contributed by atoms with E-state index in [1.807, 2.05) is 5.32 Å². The zero-order chi connectivity index (χ0) is 48.8. The van der Waals surface area contributed by atoms with Crippen LogP contribution < -0.4 is 5.32 Å². The SMILES string of the molecule is CCCCCCCCCCCCCCCCCCOC[C@H](CO[C@@]1(C(=O)O)C[C@H](OS(=O)(=O)O)[C@@H](NC(C)=O)[C@H]([C@H](OS(=O)(=O)O)[C@@H](COS(=O)(=O)O)OS(=O)(=O)O)O1)OS(=O)(=O)O. The van der Waals surface area contributed by atoms with E-state index in [0.29, 0.717) is 19.8 Å². The molecule has 1 aliphatic heterocycles. The topological polar surface area (TPSA) is 412 Å². The van der Waals surface area contributed by atoms with Gasteiger partial charge in [0.25, 0.3) is 5.79 Å². The zero-order valence-electron chi connectivity index (χ0n) is 35.2. The van der Waals surface area contributed by atoms with Gasteiger partial charge in [0.1, 0.15) is 30.5 Å². The molecule has 1 heterocycles. The molecule has 0 unspecified atom stereocenters. The van der Waals surface area contributed by atoms with Crippen molar-refractivity contribution in [1.29, 1.82) is 0 Å². The Morgan fingerprint density at radius 1 is 0.641 bits per heavy atom. The van der Waals surface area contributed by atoms with Gasteiger partial charge in [0.05, 0.1) is 25.9 Å². The lowest BCUT2D eigenvalue weighted by molar-refractivity contribution is -0.310. The maximum absolute atomic E-state index is 12.9. The van der Waals surface area contributed by atoms with Crippen LogP contribution in [0.25, 0.3) is 0 Å². The third kappa shape index (κ3) is 28.4. The quantitative estimate of drug-likeness (QED) is 0.0345. The molecule has 1 saturated heterocycles. The highest BCUT2D eigenvalue weighted by atomic mass is 32.3. The summed E-state index contributed by atoms with van der Waals surface area (Å²) >= 11 is 0. The smallest absolute Gasteiger partial charge is 0.397 e. The summed E-state index contributed by atoms with van der Waals surface area (Å²) in [6.07, 6.45) is 2.51. The van der Waals surface area contributed by atoms with Crippen molar-refractivity contribution in [3.05, 3.63) is 0 Å². The highest BCUT2D eigenvalue weighted by Crippen LogP contribution is 2.37. The average molecular weight is 1040 g/mol. The van der Waals surface area contributed by atoms with Crippen molar-refractivity contribution in [2.45, 2.75) is 165 Å². The fourth-order valence-corrected chi connectivity index (χ4v) is 8.85. The summed E-state index contributed by atoms with van der Waals surface area (Å²) in [4.78, 5) is 25.2. The van der Waals surface area contributed by atoms with Crippen LogP contribution in [0.5, 0.6) is 0 Å². The molecule has 32 heteroatoms. The van der Waals surface area contributed by atoms with Crippen LogP contribution in [0.3, 0.4) is 0 Å². The molecule has 1 aliphatic rings. The molecule has 0 bridgehead atoms. The number of hydrogen-bond acceptors (Lipinski definition) is 20. The molecule has 0 aromatic rings. The number of unbranched alkanes of at least 4 members (excludes halogenated alkanes) is 15. The minimum Gasteiger partial charge on any atom is -0.477 e. The van der Waals surface area contributed by atoms with Gasteiger partial charge in [-0.3, -0.25) is 27.6 Å². The summed E-state index contributed by atoms with van der Waals surface area (Å²) in [6, 6.07) is -2.40. The van der Waals surface area contributed by atoms with Crippen LogP contribution in [-0.4, -0.2) is 151 Å². The predicted molar refractivity (Wildman–Crippen MR) is 217 cm³/mol.